The number of hydrogen-bond donors (Lipinski definition) is 2. The number of nitrogens with zero attached hydrogens (tertiary/aromatic N) is 3. The molecule has 20 heavy (non-hydrogen) atoms. The van der Waals surface area contributed by atoms with E-state index in [0.29, 0.717) is 22.2 Å². The Kier molecular flexibility index (Phi) is 3.08. The van der Waals surface area contributed by atoms with Crippen molar-refractivity contribution in [3.8, 4) is 0 Å². The first kappa shape index (κ1) is 12.2. The van der Waals surface area contributed by atoms with Crippen molar-refractivity contribution in [1.82, 2.24) is 25.9 Å². The van der Waals surface area contributed by atoms with Gasteiger partial charge in [-0.3, -0.25) is 4.79 Å². The standard InChI is InChI=1S/C13H10FN5O/c14-11-6-5-10(8-3-1-2-4-9(8)11)13(20)15-7-12-16-18-19-17-12/h1-6H,7H2,(H,15,20)(H,16,17,18,19). The smallest absolute Gasteiger partial charge is 0.252 e. The van der Waals surface area contributed by atoms with Gasteiger partial charge in [-0.25, -0.2) is 4.39 Å². The molecule has 2 aromatic carbocycles. The van der Waals surface area contributed by atoms with Crippen LogP contribution >= 0.6 is 0 Å². The summed E-state index contributed by atoms with van der Waals surface area (Å²) in [7, 11) is 0. The number of amides is 1. The van der Waals surface area contributed by atoms with Crippen LogP contribution in [0.3, 0.4) is 0 Å². The van der Waals surface area contributed by atoms with E-state index in [1.54, 1.807) is 24.3 Å². The molecule has 100 valence electrons. The summed E-state index contributed by atoms with van der Waals surface area (Å²) in [6, 6.07) is 9.58. The molecular formula is C13H10FN5O. The zero-order valence-corrected chi connectivity index (χ0v) is 10.3. The number of benzene rings is 2. The first-order chi connectivity index (χ1) is 9.75. The average Bonchev–Trinajstić information content (AvgIpc) is 2.99. The summed E-state index contributed by atoms with van der Waals surface area (Å²) in [6.07, 6.45) is 0. The Morgan fingerprint density at radius 3 is 2.75 bits per heavy atom. The monoisotopic (exact) mass is 271 g/mol. The zero-order chi connectivity index (χ0) is 13.9. The number of aromatic amines is 1. The fraction of sp³-hybridized carbons (Fsp3) is 0.0769. The highest BCUT2D eigenvalue weighted by molar-refractivity contribution is 6.07. The largest absolute Gasteiger partial charge is 0.345 e. The van der Waals surface area contributed by atoms with Crippen molar-refractivity contribution in [3.05, 3.63) is 53.6 Å². The van der Waals surface area contributed by atoms with E-state index in [2.05, 4.69) is 25.9 Å². The number of H-pyrrole nitrogens is 1. The summed E-state index contributed by atoms with van der Waals surface area (Å²) < 4.78 is 13.7. The van der Waals surface area contributed by atoms with E-state index >= 15 is 0 Å². The van der Waals surface area contributed by atoms with Crippen LogP contribution in [0.4, 0.5) is 4.39 Å². The third kappa shape index (κ3) is 2.20. The summed E-state index contributed by atoms with van der Waals surface area (Å²) in [5, 5.41) is 16.8. The van der Waals surface area contributed by atoms with E-state index < -0.39 is 0 Å². The van der Waals surface area contributed by atoms with Gasteiger partial charge in [0.15, 0.2) is 5.82 Å². The third-order valence-electron chi connectivity index (χ3n) is 2.91. The first-order valence-electron chi connectivity index (χ1n) is 5.93. The summed E-state index contributed by atoms with van der Waals surface area (Å²) in [6.45, 7) is 0.154. The van der Waals surface area contributed by atoms with Crippen LogP contribution in [0.15, 0.2) is 36.4 Å². The number of fused-ring (bicyclic) bond motifs is 1. The van der Waals surface area contributed by atoms with Crippen molar-refractivity contribution >= 4 is 16.7 Å². The van der Waals surface area contributed by atoms with Crippen molar-refractivity contribution < 1.29 is 9.18 Å². The Balaban J connectivity index is 1.90. The topological polar surface area (TPSA) is 83.6 Å². The van der Waals surface area contributed by atoms with Crippen LogP contribution in [-0.2, 0) is 6.54 Å². The Morgan fingerprint density at radius 1 is 1.20 bits per heavy atom. The van der Waals surface area contributed by atoms with Crippen molar-refractivity contribution in [2.24, 2.45) is 0 Å². The van der Waals surface area contributed by atoms with Gasteiger partial charge >= 0.3 is 0 Å². The first-order valence-corrected chi connectivity index (χ1v) is 5.93. The molecule has 3 rings (SSSR count). The number of nitrogens with one attached hydrogen (secondary N) is 2. The maximum atomic E-state index is 13.7. The SMILES string of the molecule is O=C(NCc1nn[nH]n1)c1ccc(F)c2ccccc12. The maximum absolute atomic E-state index is 13.7. The number of hydrogen-bond acceptors (Lipinski definition) is 4. The van der Waals surface area contributed by atoms with Gasteiger partial charge in [0.05, 0.1) is 6.54 Å². The highest BCUT2D eigenvalue weighted by Crippen LogP contribution is 2.21. The number of halogens is 1. The van der Waals surface area contributed by atoms with Crippen LogP contribution in [-0.4, -0.2) is 26.5 Å². The maximum Gasteiger partial charge on any atom is 0.252 e. The van der Waals surface area contributed by atoms with Gasteiger partial charge < -0.3 is 5.32 Å². The van der Waals surface area contributed by atoms with Gasteiger partial charge in [-0.15, -0.1) is 10.2 Å². The van der Waals surface area contributed by atoms with E-state index in [4.69, 9.17) is 0 Å². The predicted octanol–water partition coefficient (Wildman–Crippen LogP) is 1.42. The Morgan fingerprint density at radius 2 is 2.00 bits per heavy atom. The minimum atomic E-state index is -0.352. The molecule has 0 spiro atoms. The number of tetrazole rings is 1. The van der Waals surface area contributed by atoms with Crippen molar-refractivity contribution in [3.63, 3.8) is 0 Å². The van der Waals surface area contributed by atoms with Crippen molar-refractivity contribution in [2.45, 2.75) is 6.54 Å². The number of carbonyl (C=O) groups excluding carboxylic acids is 1. The zero-order valence-electron chi connectivity index (χ0n) is 10.3. The van der Waals surface area contributed by atoms with Crippen LogP contribution in [0.25, 0.3) is 10.8 Å². The minimum absolute atomic E-state index is 0.154. The Hall–Kier alpha value is -2.83. The quantitative estimate of drug-likeness (QED) is 0.754. The van der Waals surface area contributed by atoms with Crippen LogP contribution in [0.1, 0.15) is 16.2 Å². The molecule has 0 saturated carbocycles. The lowest BCUT2D eigenvalue weighted by Gasteiger charge is -2.07. The van der Waals surface area contributed by atoms with Gasteiger partial charge in [0, 0.05) is 10.9 Å². The van der Waals surface area contributed by atoms with Gasteiger partial charge in [-0.1, -0.05) is 29.5 Å². The molecule has 0 radical (unpaired) electrons. The van der Waals surface area contributed by atoms with Crippen LogP contribution in [0.5, 0.6) is 0 Å². The summed E-state index contributed by atoms with van der Waals surface area (Å²) in [4.78, 5) is 12.1. The normalized spacial score (nSPS) is 10.7. The van der Waals surface area contributed by atoms with Gasteiger partial charge in [0.1, 0.15) is 5.82 Å². The highest BCUT2D eigenvalue weighted by Gasteiger charge is 2.12. The molecule has 2 N–H and O–H groups in total. The number of carbonyl (C=O) groups is 1. The van der Waals surface area contributed by atoms with Crippen LogP contribution in [0.2, 0.25) is 0 Å². The summed E-state index contributed by atoms with van der Waals surface area (Å²) in [5.41, 5.74) is 0.408. The molecule has 0 saturated heterocycles. The van der Waals surface area contributed by atoms with Crippen molar-refractivity contribution in [1.29, 1.82) is 0 Å². The lowest BCUT2D eigenvalue weighted by atomic mass is 10.0. The lowest BCUT2D eigenvalue weighted by molar-refractivity contribution is 0.0951. The molecule has 0 aliphatic heterocycles. The minimum Gasteiger partial charge on any atom is -0.345 e. The van der Waals surface area contributed by atoms with E-state index in [1.807, 2.05) is 0 Å². The van der Waals surface area contributed by atoms with Gasteiger partial charge in [-0.05, 0) is 17.5 Å². The van der Waals surface area contributed by atoms with E-state index in [1.165, 1.54) is 12.1 Å². The highest BCUT2D eigenvalue weighted by atomic mass is 19.1. The second-order valence-corrected chi connectivity index (χ2v) is 4.15. The van der Waals surface area contributed by atoms with Crippen molar-refractivity contribution in [2.75, 3.05) is 0 Å². The van der Waals surface area contributed by atoms with Gasteiger partial charge in [0.25, 0.3) is 5.91 Å². The molecule has 6 nitrogen and oxygen atoms in total. The molecule has 3 aromatic rings. The van der Waals surface area contributed by atoms with Gasteiger partial charge in [0.2, 0.25) is 0 Å². The molecule has 0 fully saturated rings. The predicted molar refractivity (Wildman–Crippen MR) is 69.3 cm³/mol. The van der Waals surface area contributed by atoms with E-state index in [-0.39, 0.29) is 18.3 Å². The second kappa shape index (κ2) is 5.04. The van der Waals surface area contributed by atoms with E-state index in [0.717, 1.165) is 0 Å². The Labute approximate surface area is 113 Å². The molecule has 1 amide bonds. The molecule has 0 atom stereocenters. The third-order valence-corrected chi connectivity index (χ3v) is 2.91. The number of aromatic nitrogens is 4. The molecule has 1 aromatic heterocycles. The molecule has 0 unspecified atom stereocenters. The van der Waals surface area contributed by atoms with Crippen LogP contribution in [0, 0.1) is 5.82 Å². The molecular weight excluding hydrogens is 261 g/mol. The second-order valence-electron chi connectivity index (χ2n) is 4.15. The molecule has 0 aliphatic carbocycles. The molecule has 0 bridgehead atoms. The Bertz CT molecular complexity index is 757. The number of rotatable bonds is 3. The molecule has 0 aliphatic rings. The summed E-state index contributed by atoms with van der Waals surface area (Å²) in [5.74, 6) is -0.286. The van der Waals surface area contributed by atoms with Crippen LogP contribution < -0.4 is 5.32 Å². The fourth-order valence-electron chi connectivity index (χ4n) is 1.97. The summed E-state index contributed by atoms with van der Waals surface area (Å²) >= 11 is 0. The average molecular weight is 271 g/mol. The van der Waals surface area contributed by atoms with Gasteiger partial charge in [-0.2, -0.15) is 5.21 Å². The molecule has 1 heterocycles. The lowest BCUT2D eigenvalue weighted by Crippen LogP contribution is -2.23. The molecule has 7 heteroatoms. The van der Waals surface area contributed by atoms with E-state index in [9.17, 15) is 9.18 Å². The fourth-order valence-corrected chi connectivity index (χ4v) is 1.97.